The number of likely N-dealkylation sites (tertiary alicyclic amines) is 2. The number of urea groups is 1. The normalized spacial score (nSPS) is 20.8. The van der Waals surface area contributed by atoms with E-state index in [9.17, 15) is 13.6 Å². The number of hydrogen-bond donors (Lipinski definition) is 1. The molecule has 0 bridgehead atoms. The molecule has 0 radical (unpaired) electrons. The monoisotopic (exact) mass is 517 g/mol. The molecule has 200 valence electrons. The second kappa shape index (κ2) is 12.5. The number of piperidine rings is 2. The molecule has 5 rings (SSSR count). The van der Waals surface area contributed by atoms with Gasteiger partial charge in [0.1, 0.15) is 11.6 Å². The van der Waals surface area contributed by atoms with Crippen molar-refractivity contribution < 1.29 is 13.6 Å². The van der Waals surface area contributed by atoms with Crippen molar-refractivity contribution in [3.05, 3.63) is 102 Å². The van der Waals surface area contributed by atoms with Crippen molar-refractivity contribution in [3.63, 3.8) is 0 Å². The Morgan fingerprint density at radius 2 is 1.39 bits per heavy atom. The summed E-state index contributed by atoms with van der Waals surface area (Å²) < 4.78 is 26.6. The molecule has 2 aliphatic rings. The number of anilines is 1. The van der Waals surface area contributed by atoms with Crippen molar-refractivity contribution in [1.29, 1.82) is 0 Å². The predicted octanol–water partition coefficient (Wildman–Crippen LogP) is 6.77. The number of halogens is 2. The minimum Gasteiger partial charge on any atom is -0.321 e. The Morgan fingerprint density at radius 1 is 0.763 bits per heavy atom. The van der Waals surface area contributed by atoms with Crippen LogP contribution in [0.2, 0.25) is 0 Å². The molecule has 0 spiro atoms. The molecule has 2 atom stereocenters. The van der Waals surface area contributed by atoms with E-state index in [0.717, 1.165) is 64.7 Å². The van der Waals surface area contributed by atoms with Crippen LogP contribution in [0.4, 0.5) is 19.3 Å². The highest BCUT2D eigenvalue weighted by Gasteiger charge is 2.36. The highest BCUT2D eigenvalue weighted by atomic mass is 19.1. The maximum atomic E-state index is 13.4. The number of amides is 2. The van der Waals surface area contributed by atoms with Gasteiger partial charge in [-0.1, -0.05) is 42.5 Å². The molecule has 6 heteroatoms. The van der Waals surface area contributed by atoms with Crippen molar-refractivity contribution >= 4 is 11.7 Å². The van der Waals surface area contributed by atoms with Gasteiger partial charge >= 0.3 is 6.03 Å². The zero-order valence-electron chi connectivity index (χ0n) is 21.9. The van der Waals surface area contributed by atoms with Gasteiger partial charge in [0.25, 0.3) is 0 Å². The number of rotatable bonds is 7. The summed E-state index contributed by atoms with van der Waals surface area (Å²) in [5.41, 5.74) is 3.06. The van der Waals surface area contributed by atoms with E-state index in [1.807, 2.05) is 23.1 Å². The summed E-state index contributed by atoms with van der Waals surface area (Å²) in [6.45, 7) is 3.83. The molecule has 3 aromatic rings. The fourth-order valence-electron chi connectivity index (χ4n) is 6.12. The van der Waals surface area contributed by atoms with Crippen LogP contribution in [0.15, 0.2) is 78.9 Å². The lowest BCUT2D eigenvalue weighted by Gasteiger charge is -2.44. The topological polar surface area (TPSA) is 35.6 Å². The molecule has 0 aromatic heterocycles. The average molecular weight is 518 g/mol. The number of hydrogen-bond acceptors (Lipinski definition) is 2. The molecule has 2 aliphatic heterocycles. The first-order chi connectivity index (χ1) is 18.5. The Hall–Kier alpha value is -3.25. The summed E-state index contributed by atoms with van der Waals surface area (Å²) in [5, 5.41) is 2.99. The molecular weight excluding hydrogens is 480 g/mol. The van der Waals surface area contributed by atoms with Crippen LogP contribution in [0.3, 0.4) is 0 Å². The van der Waals surface area contributed by atoms with Crippen LogP contribution in [-0.4, -0.2) is 48.1 Å². The van der Waals surface area contributed by atoms with Gasteiger partial charge in [-0.05, 0) is 111 Å². The second-order valence-electron chi connectivity index (χ2n) is 10.9. The molecule has 0 saturated carbocycles. The van der Waals surface area contributed by atoms with Gasteiger partial charge in [0.05, 0.1) is 0 Å². The first kappa shape index (κ1) is 26.4. The maximum absolute atomic E-state index is 13.4. The lowest BCUT2D eigenvalue weighted by atomic mass is 9.83. The minimum absolute atomic E-state index is 0.100. The SMILES string of the molecule is O=C(Nc1ccc(F)cc1)N1CCCC(CN2CCC(Cc3ccc(F)cc3)CC2)C1Cc1ccccc1. The molecule has 1 N–H and O–H groups in total. The fourth-order valence-corrected chi connectivity index (χ4v) is 6.12. The molecule has 2 heterocycles. The van der Waals surface area contributed by atoms with E-state index in [4.69, 9.17) is 0 Å². The molecule has 38 heavy (non-hydrogen) atoms. The highest BCUT2D eigenvalue weighted by Crippen LogP contribution is 2.30. The summed E-state index contributed by atoms with van der Waals surface area (Å²) in [6.07, 6.45) is 6.19. The van der Waals surface area contributed by atoms with E-state index in [-0.39, 0.29) is 23.7 Å². The maximum Gasteiger partial charge on any atom is 0.322 e. The van der Waals surface area contributed by atoms with E-state index in [2.05, 4.69) is 34.5 Å². The summed E-state index contributed by atoms with van der Waals surface area (Å²) in [7, 11) is 0. The average Bonchev–Trinajstić information content (AvgIpc) is 2.94. The van der Waals surface area contributed by atoms with Crippen molar-refractivity contribution in [3.8, 4) is 0 Å². The number of carbonyl (C=O) groups is 1. The van der Waals surface area contributed by atoms with E-state index >= 15 is 0 Å². The second-order valence-corrected chi connectivity index (χ2v) is 10.9. The fraction of sp³-hybridized carbons (Fsp3) is 0.406. The lowest BCUT2D eigenvalue weighted by Crippen LogP contribution is -2.54. The van der Waals surface area contributed by atoms with E-state index < -0.39 is 0 Å². The Bertz CT molecular complexity index is 1160. The molecule has 2 saturated heterocycles. The number of nitrogens with one attached hydrogen (secondary N) is 1. The minimum atomic E-state index is -0.315. The standard InChI is InChI=1S/C32H37F2N3O/c33-28-10-8-25(9-11-28)21-26-16-19-36(20-17-26)23-27-7-4-18-37(31(27)22-24-5-2-1-3-6-24)32(38)35-30-14-12-29(34)13-15-30/h1-3,5-6,8-15,26-27,31H,4,7,16-23H2,(H,35,38). The van der Waals surface area contributed by atoms with Crippen LogP contribution in [0.5, 0.6) is 0 Å². The smallest absolute Gasteiger partial charge is 0.321 e. The Morgan fingerprint density at radius 3 is 2.08 bits per heavy atom. The largest absolute Gasteiger partial charge is 0.322 e. The molecule has 3 aromatic carbocycles. The van der Waals surface area contributed by atoms with E-state index in [1.54, 1.807) is 24.3 Å². The van der Waals surface area contributed by atoms with Crippen molar-refractivity contribution in [2.75, 3.05) is 31.5 Å². The zero-order valence-corrected chi connectivity index (χ0v) is 21.9. The number of nitrogens with zero attached hydrogens (tertiary/aromatic N) is 2. The Balaban J connectivity index is 1.23. The van der Waals surface area contributed by atoms with Gasteiger partial charge in [-0.25, -0.2) is 13.6 Å². The van der Waals surface area contributed by atoms with Gasteiger partial charge in [0, 0.05) is 24.8 Å². The quantitative estimate of drug-likeness (QED) is 0.375. The molecule has 2 fully saturated rings. The Kier molecular flexibility index (Phi) is 8.69. The lowest BCUT2D eigenvalue weighted by molar-refractivity contribution is 0.0791. The van der Waals surface area contributed by atoms with Gasteiger partial charge in [-0.3, -0.25) is 0 Å². The van der Waals surface area contributed by atoms with Gasteiger partial charge in [-0.15, -0.1) is 0 Å². The zero-order chi connectivity index (χ0) is 26.3. The van der Waals surface area contributed by atoms with Crippen LogP contribution in [0.1, 0.15) is 36.8 Å². The molecule has 0 aliphatic carbocycles. The number of carbonyl (C=O) groups excluding carboxylic acids is 1. The van der Waals surface area contributed by atoms with Gasteiger partial charge in [0.2, 0.25) is 0 Å². The van der Waals surface area contributed by atoms with Crippen LogP contribution in [0.25, 0.3) is 0 Å². The van der Waals surface area contributed by atoms with Gasteiger partial charge < -0.3 is 15.1 Å². The van der Waals surface area contributed by atoms with Crippen LogP contribution >= 0.6 is 0 Å². The van der Waals surface area contributed by atoms with Crippen LogP contribution < -0.4 is 5.32 Å². The molecule has 2 unspecified atom stereocenters. The summed E-state index contributed by atoms with van der Waals surface area (Å²) >= 11 is 0. The molecule has 2 amide bonds. The summed E-state index contributed by atoms with van der Waals surface area (Å²) in [6, 6.07) is 23.3. The predicted molar refractivity (Wildman–Crippen MR) is 148 cm³/mol. The van der Waals surface area contributed by atoms with Crippen molar-refractivity contribution in [2.24, 2.45) is 11.8 Å². The van der Waals surface area contributed by atoms with E-state index in [1.165, 1.54) is 23.3 Å². The third kappa shape index (κ3) is 6.98. The third-order valence-electron chi connectivity index (χ3n) is 8.20. The highest BCUT2D eigenvalue weighted by molar-refractivity contribution is 5.89. The Labute approximate surface area is 224 Å². The first-order valence-corrected chi connectivity index (χ1v) is 13.9. The summed E-state index contributed by atoms with van der Waals surface area (Å²) in [4.78, 5) is 18.0. The molecular formula is C32H37F2N3O. The first-order valence-electron chi connectivity index (χ1n) is 13.9. The summed E-state index contributed by atoms with van der Waals surface area (Å²) in [5.74, 6) is 0.517. The van der Waals surface area contributed by atoms with Crippen LogP contribution in [-0.2, 0) is 12.8 Å². The number of benzene rings is 3. The third-order valence-corrected chi connectivity index (χ3v) is 8.20. The van der Waals surface area contributed by atoms with E-state index in [0.29, 0.717) is 17.5 Å². The van der Waals surface area contributed by atoms with Crippen molar-refractivity contribution in [2.45, 2.75) is 44.6 Å². The molecule has 4 nitrogen and oxygen atoms in total. The van der Waals surface area contributed by atoms with Crippen LogP contribution in [0, 0.1) is 23.5 Å². The van der Waals surface area contributed by atoms with Gasteiger partial charge in [0.15, 0.2) is 0 Å². The van der Waals surface area contributed by atoms with Crippen molar-refractivity contribution in [1.82, 2.24) is 9.80 Å². The van der Waals surface area contributed by atoms with Gasteiger partial charge in [-0.2, -0.15) is 0 Å².